The lowest BCUT2D eigenvalue weighted by Crippen LogP contribution is -2.30. The highest BCUT2D eigenvalue weighted by Crippen LogP contribution is 2.26. The first-order valence-corrected chi connectivity index (χ1v) is 6.40. The number of carbonyl (C=O) groups is 2. The molecular formula is C15H19NO2. The Morgan fingerprint density at radius 1 is 1.22 bits per heavy atom. The predicted octanol–water partition coefficient (Wildman–Crippen LogP) is 2.89. The van der Waals surface area contributed by atoms with E-state index in [1.807, 2.05) is 44.7 Å². The van der Waals surface area contributed by atoms with Gasteiger partial charge in [0.05, 0.1) is 0 Å². The van der Waals surface area contributed by atoms with Crippen molar-refractivity contribution in [2.45, 2.75) is 40.3 Å². The number of benzene rings is 1. The molecule has 0 aromatic heterocycles. The van der Waals surface area contributed by atoms with E-state index >= 15 is 0 Å². The van der Waals surface area contributed by atoms with Crippen LogP contribution in [-0.2, 0) is 6.54 Å². The fraction of sp³-hybridized carbons (Fsp3) is 0.467. The summed E-state index contributed by atoms with van der Waals surface area (Å²) in [5.41, 5.74) is 2.35. The minimum atomic E-state index is -0.0410. The smallest absolute Gasteiger partial charge is 0.254 e. The predicted molar refractivity (Wildman–Crippen MR) is 70.6 cm³/mol. The maximum Gasteiger partial charge on any atom is 0.254 e. The summed E-state index contributed by atoms with van der Waals surface area (Å²) in [6, 6.07) is 5.68. The van der Waals surface area contributed by atoms with E-state index in [2.05, 4.69) is 0 Å². The molecule has 0 bridgehead atoms. The molecule has 3 heteroatoms. The van der Waals surface area contributed by atoms with Crippen LogP contribution in [0.4, 0.5) is 0 Å². The van der Waals surface area contributed by atoms with Gasteiger partial charge in [-0.15, -0.1) is 0 Å². The minimum Gasteiger partial charge on any atom is -0.332 e. The van der Waals surface area contributed by atoms with Crippen molar-refractivity contribution in [2.24, 2.45) is 5.92 Å². The quantitative estimate of drug-likeness (QED) is 0.768. The number of hydrogen-bond donors (Lipinski definition) is 0. The fourth-order valence-electron chi connectivity index (χ4n) is 2.23. The Kier molecular flexibility index (Phi) is 3.24. The summed E-state index contributed by atoms with van der Waals surface area (Å²) in [4.78, 5) is 26.0. The molecule has 1 heterocycles. The molecule has 18 heavy (non-hydrogen) atoms. The van der Waals surface area contributed by atoms with Crippen molar-refractivity contribution in [3.05, 3.63) is 34.9 Å². The first-order chi connectivity index (χ1) is 8.41. The number of hydrogen-bond acceptors (Lipinski definition) is 2. The molecule has 3 nitrogen and oxygen atoms in total. The summed E-state index contributed by atoms with van der Waals surface area (Å²) in [6.45, 7) is 8.41. The molecule has 1 aliphatic heterocycles. The lowest BCUT2D eigenvalue weighted by molar-refractivity contribution is 0.0730. The fourth-order valence-corrected chi connectivity index (χ4v) is 2.23. The monoisotopic (exact) mass is 245 g/mol. The zero-order valence-electron chi connectivity index (χ0n) is 11.4. The number of fused-ring (bicyclic) bond motifs is 1. The molecule has 1 aliphatic rings. The van der Waals surface area contributed by atoms with Crippen molar-refractivity contribution in [1.29, 1.82) is 0 Å². The molecule has 2 rings (SSSR count). The second-order valence-electron chi connectivity index (χ2n) is 5.42. The van der Waals surface area contributed by atoms with Crippen LogP contribution < -0.4 is 0 Å². The van der Waals surface area contributed by atoms with Crippen LogP contribution in [0.25, 0.3) is 0 Å². The van der Waals surface area contributed by atoms with Crippen molar-refractivity contribution >= 4 is 11.7 Å². The summed E-state index contributed by atoms with van der Waals surface area (Å²) in [5.74, 6) is 0.0905. The summed E-state index contributed by atoms with van der Waals surface area (Å²) in [7, 11) is 0. The van der Waals surface area contributed by atoms with Crippen LogP contribution in [0.5, 0.6) is 0 Å². The van der Waals surface area contributed by atoms with Gasteiger partial charge in [0, 0.05) is 29.6 Å². The molecule has 0 atom stereocenters. The van der Waals surface area contributed by atoms with Crippen molar-refractivity contribution in [3.8, 4) is 0 Å². The number of carbonyl (C=O) groups excluding carboxylic acids is 2. The van der Waals surface area contributed by atoms with E-state index in [1.54, 1.807) is 6.07 Å². The van der Waals surface area contributed by atoms with E-state index in [0.29, 0.717) is 17.7 Å². The highest BCUT2D eigenvalue weighted by molar-refractivity contribution is 6.03. The van der Waals surface area contributed by atoms with Crippen molar-refractivity contribution in [2.75, 3.05) is 0 Å². The summed E-state index contributed by atoms with van der Waals surface area (Å²) in [5, 5.41) is 0. The van der Waals surface area contributed by atoms with Gasteiger partial charge in [0.2, 0.25) is 0 Å². The van der Waals surface area contributed by atoms with Crippen LogP contribution in [0.1, 0.15) is 54.0 Å². The Balaban J connectivity index is 2.36. The first kappa shape index (κ1) is 12.8. The van der Waals surface area contributed by atoms with Gasteiger partial charge < -0.3 is 4.90 Å². The molecule has 0 spiro atoms. The Morgan fingerprint density at radius 3 is 2.44 bits per heavy atom. The summed E-state index contributed by atoms with van der Waals surface area (Å²) in [6.07, 6.45) is 0. The van der Waals surface area contributed by atoms with Gasteiger partial charge in [-0.1, -0.05) is 26.0 Å². The average Bonchev–Trinajstić information content (AvgIpc) is 2.65. The van der Waals surface area contributed by atoms with Crippen LogP contribution in [-0.4, -0.2) is 22.6 Å². The average molecular weight is 245 g/mol. The number of nitrogens with zero attached hydrogens (tertiary/aromatic N) is 1. The summed E-state index contributed by atoms with van der Waals surface area (Å²) >= 11 is 0. The van der Waals surface area contributed by atoms with Gasteiger partial charge in [-0.3, -0.25) is 9.59 Å². The molecule has 0 saturated carbocycles. The van der Waals surface area contributed by atoms with Crippen LogP contribution in [0.3, 0.4) is 0 Å². The van der Waals surface area contributed by atoms with Crippen molar-refractivity contribution in [1.82, 2.24) is 4.90 Å². The minimum absolute atomic E-state index is 0.0402. The lowest BCUT2D eigenvalue weighted by Gasteiger charge is -2.19. The Morgan fingerprint density at radius 2 is 1.89 bits per heavy atom. The maximum atomic E-state index is 12.2. The van der Waals surface area contributed by atoms with Crippen LogP contribution >= 0.6 is 0 Å². The standard InChI is InChI=1S/C15H19NO2/c1-9(2)14(17)11-5-6-12-8-16(10(3)4)15(18)13(12)7-11/h5-7,9-10H,8H2,1-4H3. The summed E-state index contributed by atoms with van der Waals surface area (Å²) < 4.78 is 0. The second kappa shape index (κ2) is 4.56. The van der Waals surface area contributed by atoms with E-state index in [9.17, 15) is 9.59 Å². The molecule has 0 N–H and O–H groups in total. The number of Topliss-reactive ketones (excluding diaryl/α,β-unsaturated/α-hetero) is 1. The van der Waals surface area contributed by atoms with Gasteiger partial charge in [-0.25, -0.2) is 0 Å². The molecule has 1 aromatic rings. The number of amides is 1. The van der Waals surface area contributed by atoms with Gasteiger partial charge in [0.1, 0.15) is 0 Å². The lowest BCUT2D eigenvalue weighted by atomic mass is 9.97. The molecule has 1 amide bonds. The van der Waals surface area contributed by atoms with E-state index in [0.717, 1.165) is 5.56 Å². The van der Waals surface area contributed by atoms with E-state index < -0.39 is 0 Å². The zero-order valence-corrected chi connectivity index (χ0v) is 11.4. The molecule has 96 valence electrons. The molecule has 1 aromatic carbocycles. The van der Waals surface area contributed by atoms with Crippen LogP contribution in [0.15, 0.2) is 18.2 Å². The topological polar surface area (TPSA) is 37.4 Å². The molecule has 0 radical (unpaired) electrons. The normalized spacial score (nSPS) is 14.6. The van der Waals surface area contributed by atoms with Gasteiger partial charge in [-0.2, -0.15) is 0 Å². The first-order valence-electron chi connectivity index (χ1n) is 6.40. The second-order valence-corrected chi connectivity index (χ2v) is 5.42. The molecule has 0 aliphatic carbocycles. The number of ketones is 1. The van der Waals surface area contributed by atoms with Crippen molar-refractivity contribution < 1.29 is 9.59 Å². The third kappa shape index (κ3) is 2.05. The highest BCUT2D eigenvalue weighted by Gasteiger charge is 2.29. The largest absolute Gasteiger partial charge is 0.332 e. The van der Waals surface area contributed by atoms with Crippen LogP contribution in [0.2, 0.25) is 0 Å². The third-order valence-electron chi connectivity index (χ3n) is 3.37. The van der Waals surface area contributed by atoms with Crippen molar-refractivity contribution in [3.63, 3.8) is 0 Å². The zero-order chi connectivity index (χ0) is 13.4. The van der Waals surface area contributed by atoms with E-state index in [-0.39, 0.29) is 23.7 Å². The van der Waals surface area contributed by atoms with E-state index in [4.69, 9.17) is 0 Å². The maximum absolute atomic E-state index is 12.2. The SMILES string of the molecule is CC(C)C(=O)c1ccc2c(c1)C(=O)N(C(C)C)C2. The Labute approximate surface area is 108 Å². The van der Waals surface area contributed by atoms with Gasteiger partial charge >= 0.3 is 0 Å². The van der Waals surface area contributed by atoms with Gasteiger partial charge in [0.25, 0.3) is 5.91 Å². The van der Waals surface area contributed by atoms with Gasteiger partial charge in [0.15, 0.2) is 5.78 Å². The molecular weight excluding hydrogens is 226 g/mol. The van der Waals surface area contributed by atoms with Crippen LogP contribution in [0, 0.1) is 5.92 Å². The Hall–Kier alpha value is -1.64. The Bertz CT molecular complexity index is 503. The van der Waals surface area contributed by atoms with E-state index in [1.165, 1.54) is 0 Å². The molecule has 0 fully saturated rings. The van der Waals surface area contributed by atoms with Gasteiger partial charge in [-0.05, 0) is 25.5 Å². The highest BCUT2D eigenvalue weighted by atomic mass is 16.2. The molecule has 0 unspecified atom stereocenters. The molecule has 0 saturated heterocycles. The number of rotatable bonds is 3. The third-order valence-corrected chi connectivity index (χ3v) is 3.37.